The van der Waals surface area contributed by atoms with Crippen LogP contribution in [0, 0.1) is 5.82 Å². The molecular formula is C22H22FN3O4S. The van der Waals surface area contributed by atoms with Crippen molar-refractivity contribution in [2.24, 2.45) is 5.10 Å². The van der Waals surface area contributed by atoms with Crippen LogP contribution in [0.5, 0.6) is 11.5 Å². The molecule has 1 heterocycles. The number of hydrogen-bond donors (Lipinski definition) is 1. The Bertz CT molecular complexity index is 1050. The summed E-state index contributed by atoms with van der Waals surface area (Å²) in [5, 5.41) is 6.50. The van der Waals surface area contributed by atoms with E-state index < -0.39 is 0 Å². The number of thiazole rings is 1. The Balaban J connectivity index is 1.58. The van der Waals surface area contributed by atoms with E-state index in [1.807, 2.05) is 0 Å². The van der Waals surface area contributed by atoms with Crippen LogP contribution in [-0.4, -0.2) is 30.9 Å². The fourth-order valence-corrected chi connectivity index (χ4v) is 3.28. The van der Waals surface area contributed by atoms with E-state index >= 15 is 0 Å². The molecule has 0 radical (unpaired) electrons. The predicted octanol–water partition coefficient (Wildman–Crippen LogP) is 4.42. The molecule has 0 aliphatic rings. The number of esters is 1. The van der Waals surface area contributed by atoms with E-state index in [0.717, 1.165) is 5.56 Å². The van der Waals surface area contributed by atoms with E-state index in [-0.39, 0.29) is 24.8 Å². The maximum atomic E-state index is 13.8. The second-order valence-corrected chi connectivity index (χ2v) is 7.14. The summed E-state index contributed by atoms with van der Waals surface area (Å²) < 4.78 is 29.7. The number of nitrogens with zero attached hydrogens (tertiary/aromatic N) is 2. The number of rotatable bonds is 10. The first-order chi connectivity index (χ1) is 15.1. The Morgan fingerprint density at radius 3 is 2.87 bits per heavy atom. The number of ether oxygens (including phenoxy) is 3. The maximum absolute atomic E-state index is 13.8. The molecule has 0 saturated carbocycles. The molecule has 0 aliphatic heterocycles. The lowest BCUT2D eigenvalue weighted by molar-refractivity contribution is -0.142. The molecule has 0 amide bonds. The Morgan fingerprint density at radius 1 is 1.26 bits per heavy atom. The summed E-state index contributed by atoms with van der Waals surface area (Å²) in [4.78, 5) is 15.8. The number of carbonyl (C=O) groups is 1. The second kappa shape index (κ2) is 11.1. The summed E-state index contributed by atoms with van der Waals surface area (Å²) >= 11 is 1.34. The van der Waals surface area contributed by atoms with Crippen molar-refractivity contribution in [2.45, 2.75) is 20.0 Å². The minimum absolute atomic E-state index is 0.0935. The molecule has 0 spiro atoms. The van der Waals surface area contributed by atoms with E-state index in [0.29, 0.717) is 34.5 Å². The molecule has 0 bridgehead atoms. The number of nitrogens with one attached hydrogen (secondary N) is 1. The summed E-state index contributed by atoms with van der Waals surface area (Å²) in [6.45, 7) is 2.20. The molecule has 1 aromatic heterocycles. The highest BCUT2D eigenvalue weighted by atomic mass is 32.1. The third-order valence-corrected chi connectivity index (χ3v) is 4.88. The number of benzene rings is 2. The normalized spacial score (nSPS) is 10.8. The van der Waals surface area contributed by atoms with Gasteiger partial charge in [-0.15, -0.1) is 11.3 Å². The van der Waals surface area contributed by atoms with E-state index in [1.165, 1.54) is 24.5 Å². The van der Waals surface area contributed by atoms with E-state index in [9.17, 15) is 9.18 Å². The topological polar surface area (TPSA) is 82.0 Å². The third kappa shape index (κ3) is 6.51. The van der Waals surface area contributed by atoms with Gasteiger partial charge in [-0.2, -0.15) is 5.10 Å². The van der Waals surface area contributed by atoms with Crippen LogP contribution in [-0.2, 0) is 22.6 Å². The largest absolute Gasteiger partial charge is 0.493 e. The molecule has 1 N–H and O–H groups in total. The second-order valence-electron chi connectivity index (χ2n) is 6.29. The van der Waals surface area contributed by atoms with Gasteiger partial charge in [-0.25, -0.2) is 9.37 Å². The number of aromatic nitrogens is 1. The molecule has 0 fully saturated rings. The van der Waals surface area contributed by atoms with Gasteiger partial charge in [0.15, 0.2) is 11.5 Å². The van der Waals surface area contributed by atoms with Gasteiger partial charge >= 0.3 is 5.97 Å². The maximum Gasteiger partial charge on any atom is 0.311 e. The standard InChI is InChI=1S/C22H22FN3O4S/c1-3-29-21(27)11-17-14-31-22(25-17)26-24-12-15-8-9-19(20(10-15)28-2)30-13-16-6-4-5-7-18(16)23/h4-10,12,14H,3,11,13H2,1-2H3,(H,25,26)/b24-12-. The zero-order chi connectivity index (χ0) is 22.1. The highest BCUT2D eigenvalue weighted by molar-refractivity contribution is 7.13. The van der Waals surface area contributed by atoms with Crippen molar-refractivity contribution in [3.05, 3.63) is 70.5 Å². The lowest BCUT2D eigenvalue weighted by Gasteiger charge is -2.11. The summed E-state index contributed by atoms with van der Waals surface area (Å²) in [6, 6.07) is 11.8. The molecule has 3 aromatic rings. The molecule has 0 unspecified atom stereocenters. The molecule has 9 heteroatoms. The lowest BCUT2D eigenvalue weighted by atomic mass is 10.2. The van der Waals surface area contributed by atoms with Gasteiger partial charge in [-0.1, -0.05) is 18.2 Å². The van der Waals surface area contributed by atoms with Crippen LogP contribution in [0.3, 0.4) is 0 Å². The van der Waals surface area contributed by atoms with Crippen molar-refractivity contribution in [3.63, 3.8) is 0 Å². The number of halogens is 1. The Morgan fingerprint density at radius 2 is 2.10 bits per heavy atom. The van der Waals surface area contributed by atoms with Crippen LogP contribution in [0.4, 0.5) is 9.52 Å². The average Bonchev–Trinajstić information content (AvgIpc) is 3.20. The Labute approximate surface area is 183 Å². The highest BCUT2D eigenvalue weighted by Crippen LogP contribution is 2.28. The van der Waals surface area contributed by atoms with Gasteiger partial charge in [0.1, 0.15) is 12.4 Å². The monoisotopic (exact) mass is 443 g/mol. The summed E-state index contributed by atoms with van der Waals surface area (Å²) in [7, 11) is 1.53. The number of hydrazone groups is 1. The summed E-state index contributed by atoms with van der Waals surface area (Å²) in [5.74, 6) is 0.377. The van der Waals surface area contributed by atoms with Crippen LogP contribution >= 0.6 is 11.3 Å². The van der Waals surface area contributed by atoms with Gasteiger partial charge < -0.3 is 14.2 Å². The van der Waals surface area contributed by atoms with Gasteiger partial charge in [0.2, 0.25) is 5.13 Å². The van der Waals surface area contributed by atoms with Gasteiger partial charge in [-0.05, 0) is 36.8 Å². The molecular weight excluding hydrogens is 421 g/mol. The van der Waals surface area contributed by atoms with Gasteiger partial charge in [0.25, 0.3) is 0 Å². The number of anilines is 1. The molecule has 31 heavy (non-hydrogen) atoms. The molecule has 2 aromatic carbocycles. The fraction of sp³-hybridized carbons (Fsp3) is 0.227. The number of methoxy groups -OCH3 is 1. The molecule has 0 aliphatic carbocycles. The predicted molar refractivity (Wildman–Crippen MR) is 117 cm³/mol. The minimum atomic E-state index is -0.316. The Kier molecular flexibility index (Phi) is 7.94. The van der Waals surface area contributed by atoms with Crippen molar-refractivity contribution in [3.8, 4) is 11.5 Å². The molecule has 162 valence electrons. The third-order valence-electron chi connectivity index (χ3n) is 4.09. The average molecular weight is 444 g/mol. The van der Waals surface area contributed by atoms with E-state index in [1.54, 1.807) is 54.9 Å². The summed E-state index contributed by atoms with van der Waals surface area (Å²) in [5.41, 5.74) is 4.69. The molecule has 3 rings (SSSR count). The molecule has 0 saturated heterocycles. The van der Waals surface area contributed by atoms with E-state index in [4.69, 9.17) is 14.2 Å². The van der Waals surface area contributed by atoms with Crippen molar-refractivity contribution in [2.75, 3.05) is 19.1 Å². The fourth-order valence-electron chi connectivity index (χ4n) is 2.62. The zero-order valence-corrected chi connectivity index (χ0v) is 17.9. The van der Waals surface area contributed by atoms with Gasteiger partial charge in [-0.3, -0.25) is 10.2 Å². The molecule has 0 atom stereocenters. The van der Waals surface area contributed by atoms with Crippen molar-refractivity contribution in [1.82, 2.24) is 4.98 Å². The van der Waals surface area contributed by atoms with Crippen LogP contribution in [0.25, 0.3) is 0 Å². The first-order valence-electron chi connectivity index (χ1n) is 9.52. The van der Waals surface area contributed by atoms with Crippen molar-refractivity contribution < 1.29 is 23.4 Å². The first-order valence-corrected chi connectivity index (χ1v) is 10.4. The quantitative estimate of drug-likeness (QED) is 0.284. The van der Waals surface area contributed by atoms with Crippen molar-refractivity contribution in [1.29, 1.82) is 0 Å². The summed E-state index contributed by atoms with van der Waals surface area (Å²) in [6.07, 6.45) is 1.73. The van der Waals surface area contributed by atoms with Crippen molar-refractivity contribution >= 4 is 28.7 Å². The lowest BCUT2D eigenvalue weighted by Crippen LogP contribution is -2.07. The Hall–Kier alpha value is -3.46. The van der Waals surface area contributed by atoms with Crippen LogP contribution in [0.1, 0.15) is 23.7 Å². The minimum Gasteiger partial charge on any atom is -0.493 e. The van der Waals surface area contributed by atoms with Crippen LogP contribution in [0.15, 0.2) is 52.9 Å². The number of carbonyl (C=O) groups excluding carboxylic acids is 1. The SMILES string of the molecule is CCOC(=O)Cc1csc(N/N=C\c2ccc(OCc3ccccc3F)c(OC)c2)n1. The van der Waals surface area contributed by atoms with Gasteiger partial charge in [0, 0.05) is 10.9 Å². The highest BCUT2D eigenvalue weighted by Gasteiger charge is 2.09. The van der Waals surface area contributed by atoms with Gasteiger partial charge in [0.05, 0.1) is 32.0 Å². The zero-order valence-electron chi connectivity index (χ0n) is 17.1. The smallest absolute Gasteiger partial charge is 0.311 e. The van der Waals surface area contributed by atoms with Crippen LogP contribution < -0.4 is 14.9 Å². The number of hydrogen-bond acceptors (Lipinski definition) is 8. The van der Waals surface area contributed by atoms with E-state index in [2.05, 4.69) is 15.5 Å². The molecule has 7 nitrogen and oxygen atoms in total. The van der Waals surface area contributed by atoms with Crippen LogP contribution in [0.2, 0.25) is 0 Å². The first kappa shape index (κ1) is 22.2.